The number of carboxylic acids is 1. The number of phenolic OH excluding ortho intramolecular Hbond substituents is 1. The Morgan fingerprint density at radius 1 is 1.25 bits per heavy atom. The van der Waals surface area contributed by atoms with Crippen LogP contribution in [0.5, 0.6) is 5.75 Å². The fourth-order valence-electron chi connectivity index (χ4n) is 1.54. The van der Waals surface area contributed by atoms with E-state index in [4.69, 9.17) is 5.11 Å². The topological polar surface area (TPSA) is 104 Å². The number of benzene rings is 1. The number of carbonyl (C=O) groups is 1. The van der Waals surface area contributed by atoms with Gasteiger partial charge < -0.3 is 10.2 Å². The molecule has 0 fully saturated rings. The van der Waals surface area contributed by atoms with Crippen LogP contribution in [0.4, 0.5) is 5.69 Å². The quantitative estimate of drug-likeness (QED) is 0.751. The number of rotatable bonds is 4. The van der Waals surface area contributed by atoms with Crippen molar-refractivity contribution in [3.8, 4) is 5.75 Å². The number of aromatic hydroxyl groups is 1. The van der Waals surface area contributed by atoms with Crippen LogP contribution in [-0.4, -0.2) is 24.6 Å². The Labute approximate surface area is 119 Å². The van der Waals surface area contributed by atoms with Crippen molar-refractivity contribution in [3.63, 3.8) is 0 Å². The average Bonchev–Trinajstić information content (AvgIpc) is 2.83. The highest BCUT2D eigenvalue weighted by atomic mass is 32.2. The van der Waals surface area contributed by atoms with Gasteiger partial charge in [-0.25, -0.2) is 13.2 Å². The van der Waals surface area contributed by atoms with Crippen molar-refractivity contribution in [2.75, 3.05) is 4.72 Å². The Balaban J connectivity index is 2.33. The zero-order valence-electron chi connectivity index (χ0n) is 10.3. The lowest BCUT2D eigenvalue weighted by atomic mass is 10.2. The van der Waals surface area contributed by atoms with Gasteiger partial charge in [-0.1, -0.05) is 0 Å². The number of hydrogen-bond donors (Lipinski definition) is 3. The van der Waals surface area contributed by atoms with Crippen LogP contribution in [0, 0.1) is 6.92 Å². The number of sulfonamides is 1. The minimum Gasteiger partial charge on any atom is -0.508 e. The van der Waals surface area contributed by atoms with Crippen molar-refractivity contribution in [1.82, 2.24) is 0 Å². The Bertz CT molecular complexity index is 764. The predicted octanol–water partition coefficient (Wildman–Crippen LogP) is 2.26. The van der Waals surface area contributed by atoms with E-state index in [1.54, 1.807) is 6.92 Å². The number of hydrogen-bond acceptors (Lipinski definition) is 5. The molecule has 0 atom stereocenters. The molecule has 0 spiro atoms. The molecule has 20 heavy (non-hydrogen) atoms. The molecule has 0 aliphatic carbocycles. The molecule has 1 aromatic carbocycles. The van der Waals surface area contributed by atoms with Crippen molar-refractivity contribution in [2.24, 2.45) is 0 Å². The monoisotopic (exact) mass is 313 g/mol. The van der Waals surface area contributed by atoms with Crippen LogP contribution in [0.2, 0.25) is 0 Å². The van der Waals surface area contributed by atoms with Gasteiger partial charge in [0.25, 0.3) is 10.0 Å². The molecule has 0 aliphatic heterocycles. The van der Waals surface area contributed by atoms with E-state index in [2.05, 4.69) is 4.72 Å². The Morgan fingerprint density at radius 3 is 2.50 bits per heavy atom. The summed E-state index contributed by atoms with van der Waals surface area (Å²) in [5.41, 5.74) is 0.886. The van der Waals surface area contributed by atoms with Crippen LogP contribution in [-0.2, 0) is 10.0 Å². The molecule has 0 saturated heterocycles. The summed E-state index contributed by atoms with van der Waals surface area (Å²) in [6.45, 7) is 1.65. The number of thiophene rings is 1. The first-order chi connectivity index (χ1) is 9.29. The fourth-order valence-corrected chi connectivity index (χ4v) is 3.81. The van der Waals surface area contributed by atoms with E-state index < -0.39 is 16.0 Å². The number of aromatic carboxylic acids is 1. The van der Waals surface area contributed by atoms with Crippen molar-refractivity contribution in [3.05, 3.63) is 40.8 Å². The van der Waals surface area contributed by atoms with Gasteiger partial charge in [0.2, 0.25) is 0 Å². The van der Waals surface area contributed by atoms with Gasteiger partial charge in [0.05, 0.1) is 5.69 Å². The van der Waals surface area contributed by atoms with Gasteiger partial charge in [0, 0.05) is 0 Å². The summed E-state index contributed by atoms with van der Waals surface area (Å²) in [5, 5.41) is 18.1. The molecule has 0 amide bonds. The van der Waals surface area contributed by atoms with Crippen molar-refractivity contribution in [2.45, 2.75) is 11.1 Å². The van der Waals surface area contributed by atoms with E-state index in [9.17, 15) is 18.3 Å². The molecule has 3 N–H and O–H groups in total. The van der Waals surface area contributed by atoms with Gasteiger partial charge >= 0.3 is 5.97 Å². The minimum absolute atomic E-state index is 0.0368. The zero-order chi connectivity index (χ0) is 14.9. The van der Waals surface area contributed by atoms with Crippen LogP contribution in [0.15, 0.2) is 34.5 Å². The Kier molecular flexibility index (Phi) is 3.69. The van der Waals surface area contributed by atoms with Gasteiger partial charge in [-0.2, -0.15) is 0 Å². The second-order valence-electron chi connectivity index (χ2n) is 4.03. The normalized spacial score (nSPS) is 11.2. The third-order valence-corrected chi connectivity index (χ3v) is 5.44. The molecule has 1 aromatic heterocycles. The molecule has 2 rings (SSSR count). The fraction of sp³-hybridized carbons (Fsp3) is 0.0833. The lowest BCUT2D eigenvalue weighted by Crippen LogP contribution is -2.12. The first-order valence-corrected chi connectivity index (χ1v) is 7.75. The first-order valence-electron chi connectivity index (χ1n) is 5.45. The van der Waals surface area contributed by atoms with E-state index in [1.807, 2.05) is 0 Å². The summed E-state index contributed by atoms with van der Waals surface area (Å²) < 4.78 is 26.5. The number of anilines is 1. The second kappa shape index (κ2) is 5.14. The van der Waals surface area contributed by atoms with E-state index in [0.29, 0.717) is 22.6 Å². The van der Waals surface area contributed by atoms with Crippen LogP contribution < -0.4 is 4.72 Å². The number of nitrogens with one attached hydrogen (secondary N) is 1. The second-order valence-corrected chi connectivity index (χ2v) is 7.02. The smallest absolute Gasteiger partial charge is 0.345 e. The maximum absolute atomic E-state index is 12.1. The average molecular weight is 313 g/mol. The molecule has 0 aliphatic rings. The largest absolute Gasteiger partial charge is 0.508 e. The third kappa shape index (κ3) is 2.91. The van der Waals surface area contributed by atoms with Crippen LogP contribution in [0.3, 0.4) is 0 Å². The molecular weight excluding hydrogens is 302 g/mol. The molecule has 8 heteroatoms. The molecule has 0 unspecified atom stereocenters. The van der Waals surface area contributed by atoms with E-state index in [1.165, 1.54) is 30.3 Å². The van der Waals surface area contributed by atoms with E-state index in [0.717, 1.165) is 0 Å². The molecule has 106 valence electrons. The van der Waals surface area contributed by atoms with Gasteiger partial charge in [0.15, 0.2) is 0 Å². The number of aryl methyl sites for hydroxylation is 1. The Hall–Kier alpha value is -2.06. The highest BCUT2D eigenvalue weighted by Gasteiger charge is 2.19. The summed E-state index contributed by atoms with van der Waals surface area (Å²) in [4.78, 5) is 10.7. The van der Waals surface area contributed by atoms with E-state index in [-0.39, 0.29) is 14.8 Å². The molecule has 6 nitrogen and oxygen atoms in total. The Morgan fingerprint density at radius 2 is 1.95 bits per heavy atom. The standard InChI is InChI=1S/C12H11NO5S2/c1-7-6-8(14)2-3-9(7)13-20(17,18)11-5-4-10(19-11)12(15)16/h2-6,13-14H,1H3,(H,15,16). The minimum atomic E-state index is -3.84. The van der Waals surface area contributed by atoms with Gasteiger partial charge in [-0.3, -0.25) is 4.72 Å². The lowest BCUT2D eigenvalue weighted by Gasteiger charge is -2.09. The highest BCUT2D eigenvalue weighted by Crippen LogP contribution is 2.26. The molecule has 0 saturated carbocycles. The lowest BCUT2D eigenvalue weighted by molar-refractivity contribution is 0.0702. The molecule has 0 radical (unpaired) electrons. The van der Waals surface area contributed by atoms with Crippen molar-refractivity contribution in [1.29, 1.82) is 0 Å². The predicted molar refractivity (Wildman–Crippen MR) is 74.9 cm³/mol. The van der Waals surface area contributed by atoms with Crippen molar-refractivity contribution >= 4 is 33.0 Å². The van der Waals surface area contributed by atoms with Gasteiger partial charge in [-0.05, 0) is 42.8 Å². The summed E-state index contributed by atoms with van der Waals surface area (Å²) in [5.74, 6) is -1.13. The highest BCUT2D eigenvalue weighted by molar-refractivity contribution is 7.94. The van der Waals surface area contributed by atoms with Crippen LogP contribution >= 0.6 is 11.3 Å². The molecule has 1 heterocycles. The summed E-state index contributed by atoms with van der Waals surface area (Å²) >= 11 is 0.677. The van der Waals surface area contributed by atoms with Crippen LogP contribution in [0.1, 0.15) is 15.2 Å². The van der Waals surface area contributed by atoms with Crippen molar-refractivity contribution < 1.29 is 23.4 Å². The number of carboxylic acid groups (broad SMARTS) is 1. The maximum Gasteiger partial charge on any atom is 0.345 e. The summed E-state index contributed by atoms with van der Waals surface area (Å²) in [7, 11) is -3.84. The molecule has 2 aromatic rings. The van der Waals surface area contributed by atoms with Gasteiger partial charge in [0.1, 0.15) is 14.8 Å². The summed E-state index contributed by atoms with van der Waals surface area (Å²) in [6.07, 6.45) is 0. The number of phenols is 1. The summed E-state index contributed by atoms with van der Waals surface area (Å²) in [6, 6.07) is 6.71. The molecular formula is C12H11NO5S2. The van der Waals surface area contributed by atoms with Gasteiger partial charge in [-0.15, -0.1) is 11.3 Å². The van der Waals surface area contributed by atoms with E-state index >= 15 is 0 Å². The zero-order valence-corrected chi connectivity index (χ0v) is 12.0. The molecule has 0 bridgehead atoms. The van der Waals surface area contributed by atoms with Crippen LogP contribution in [0.25, 0.3) is 0 Å². The third-order valence-electron chi connectivity index (χ3n) is 2.51. The SMILES string of the molecule is Cc1cc(O)ccc1NS(=O)(=O)c1ccc(C(=O)O)s1. The maximum atomic E-state index is 12.1. The first kappa shape index (κ1) is 14.4.